The van der Waals surface area contributed by atoms with Crippen LogP contribution < -0.4 is 15.0 Å². The Kier molecular flexibility index (Phi) is 7.86. The molecule has 1 atom stereocenters. The van der Waals surface area contributed by atoms with Crippen molar-refractivity contribution in [3.05, 3.63) is 84.2 Å². The number of carbonyl (C=O) groups excluding carboxylic acids is 2. The highest BCUT2D eigenvalue weighted by molar-refractivity contribution is 6.01. The van der Waals surface area contributed by atoms with Crippen LogP contribution in [0.3, 0.4) is 0 Å². The summed E-state index contributed by atoms with van der Waals surface area (Å²) in [5.41, 5.74) is 2.18. The van der Waals surface area contributed by atoms with Gasteiger partial charge in [0.2, 0.25) is 11.8 Å². The summed E-state index contributed by atoms with van der Waals surface area (Å²) >= 11 is 0. The van der Waals surface area contributed by atoms with E-state index in [0.29, 0.717) is 34.6 Å². The van der Waals surface area contributed by atoms with Crippen LogP contribution >= 0.6 is 0 Å². The van der Waals surface area contributed by atoms with Gasteiger partial charge in [-0.3, -0.25) is 14.5 Å². The van der Waals surface area contributed by atoms with E-state index >= 15 is 0 Å². The average Bonchev–Trinajstić information content (AvgIpc) is 3.30. The number of aromatic nitrogens is 3. The van der Waals surface area contributed by atoms with Crippen LogP contribution in [-0.2, 0) is 20.9 Å². The molecule has 36 heavy (non-hydrogen) atoms. The average molecular weight is 492 g/mol. The fourth-order valence-electron chi connectivity index (χ4n) is 3.88. The standard InChI is InChI=1S/C26H26FN5O4/c1-35-15-14-28-26(34)25(18-6-5-7-21(16-18)36-2)32(20-12-10-19(27)11-13-20)24(33)17-31-23-9-4-3-8-22(23)29-30-31/h3-13,16,25H,14-15,17H2,1-2H3,(H,28,34)/t25-/m0/s1. The number of hydrogen-bond acceptors (Lipinski definition) is 6. The molecule has 0 fully saturated rings. The smallest absolute Gasteiger partial charge is 0.249 e. The van der Waals surface area contributed by atoms with Crippen molar-refractivity contribution in [3.63, 3.8) is 0 Å². The van der Waals surface area contributed by atoms with E-state index in [-0.39, 0.29) is 13.1 Å². The van der Waals surface area contributed by atoms with Gasteiger partial charge in [-0.05, 0) is 54.1 Å². The lowest BCUT2D eigenvalue weighted by Crippen LogP contribution is -2.46. The number of nitrogens with zero attached hydrogens (tertiary/aromatic N) is 4. The molecule has 0 aliphatic heterocycles. The molecule has 0 saturated carbocycles. The zero-order valence-electron chi connectivity index (χ0n) is 19.9. The summed E-state index contributed by atoms with van der Waals surface area (Å²) in [5, 5.41) is 11.0. The van der Waals surface area contributed by atoms with Crippen LogP contribution in [-0.4, -0.2) is 54.2 Å². The predicted octanol–water partition coefficient (Wildman–Crippen LogP) is 3.12. The van der Waals surface area contributed by atoms with Gasteiger partial charge in [0.1, 0.15) is 29.7 Å². The van der Waals surface area contributed by atoms with Crippen LogP contribution in [0.5, 0.6) is 5.75 Å². The number of hydrogen-bond donors (Lipinski definition) is 1. The van der Waals surface area contributed by atoms with Crippen LogP contribution in [0.2, 0.25) is 0 Å². The molecule has 4 aromatic rings. The molecule has 1 heterocycles. The highest BCUT2D eigenvalue weighted by atomic mass is 19.1. The van der Waals surface area contributed by atoms with Gasteiger partial charge in [-0.25, -0.2) is 9.07 Å². The largest absolute Gasteiger partial charge is 0.497 e. The quantitative estimate of drug-likeness (QED) is 0.342. The van der Waals surface area contributed by atoms with Gasteiger partial charge >= 0.3 is 0 Å². The summed E-state index contributed by atoms with van der Waals surface area (Å²) in [7, 11) is 3.05. The van der Waals surface area contributed by atoms with Crippen molar-refractivity contribution in [2.75, 3.05) is 32.3 Å². The minimum absolute atomic E-state index is 0.191. The molecule has 10 heteroatoms. The molecule has 0 aliphatic carbocycles. The highest BCUT2D eigenvalue weighted by Gasteiger charge is 2.33. The molecular formula is C26H26FN5O4. The Hall–Kier alpha value is -4.31. The van der Waals surface area contributed by atoms with Crippen molar-refractivity contribution in [3.8, 4) is 5.75 Å². The number of rotatable bonds is 10. The first-order valence-electron chi connectivity index (χ1n) is 11.3. The molecule has 0 spiro atoms. The van der Waals surface area contributed by atoms with E-state index in [1.165, 1.54) is 48.1 Å². The first kappa shape index (κ1) is 24.8. The molecule has 0 aliphatic rings. The summed E-state index contributed by atoms with van der Waals surface area (Å²) < 4.78 is 25.7. The molecule has 1 aromatic heterocycles. The Balaban J connectivity index is 1.78. The van der Waals surface area contributed by atoms with Gasteiger partial charge in [-0.1, -0.05) is 29.5 Å². The number of amides is 2. The summed E-state index contributed by atoms with van der Waals surface area (Å²) in [4.78, 5) is 28.7. The van der Waals surface area contributed by atoms with Gasteiger partial charge in [-0.15, -0.1) is 5.10 Å². The van der Waals surface area contributed by atoms with Crippen molar-refractivity contribution in [1.82, 2.24) is 20.3 Å². The van der Waals surface area contributed by atoms with Crippen molar-refractivity contribution < 1.29 is 23.5 Å². The molecule has 9 nitrogen and oxygen atoms in total. The third-order valence-electron chi connectivity index (χ3n) is 5.60. The number of anilines is 1. The minimum atomic E-state index is -1.08. The Labute approximate surface area is 207 Å². The molecule has 186 valence electrons. The van der Waals surface area contributed by atoms with E-state index in [2.05, 4.69) is 15.6 Å². The van der Waals surface area contributed by atoms with Crippen LogP contribution in [0.15, 0.2) is 72.8 Å². The predicted molar refractivity (Wildman–Crippen MR) is 132 cm³/mol. The first-order valence-corrected chi connectivity index (χ1v) is 11.3. The Morgan fingerprint density at radius 3 is 2.58 bits per heavy atom. The van der Waals surface area contributed by atoms with Gasteiger partial charge in [-0.2, -0.15) is 0 Å². The van der Waals surface area contributed by atoms with E-state index in [9.17, 15) is 14.0 Å². The highest BCUT2D eigenvalue weighted by Crippen LogP contribution is 2.30. The van der Waals surface area contributed by atoms with E-state index in [1.807, 2.05) is 18.2 Å². The number of benzene rings is 3. The molecule has 3 aromatic carbocycles. The summed E-state index contributed by atoms with van der Waals surface area (Å²) in [6, 6.07) is 18.5. The van der Waals surface area contributed by atoms with Gasteiger partial charge < -0.3 is 14.8 Å². The van der Waals surface area contributed by atoms with Gasteiger partial charge in [0.15, 0.2) is 0 Å². The number of nitrogens with one attached hydrogen (secondary N) is 1. The van der Waals surface area contributed by atoms with Crippen LogP contribution in [0.4, 0.5) is 10.1 Å². The maximum atomic E-state index is 13.9. The van der Waals surface area contributed by atoms with Crippen molar-refractivity contribution in [2.24, 2.45) is 0 Å². The molecule has 2 amide bonds. The lowest BCUT2D eigenvalue weighted by Gasteiger charge is -2.31. The number of carbonyl (C=O) groups is 2. The normalized spacial score (nSPS) is 11.8. The third kappa shape index (κ3) is 5.49. The number of halogens is 1. The fraction of sp³-hybridized carbons (Fsp3) is 0.231. The second-order valence-corrected chi connectivity index (χ2v) is 7.94. The summed E-state index contributed by atoms with van der Waals surface area (Å²) in [5.74, 6) is -0.805. The van der Waals surface area contributed by atoms with Crippen LogP contribution in [0.1, 0.15) is 11.6 Å². The maximum absolute atomic E-state index is 13.9. The Morgan fingerprint density at radius 2 is 1.83 bits per heavy atom. The van der Waals surface area contributed by atoms with Crippen LogP contribution in [0, 0.1) is 5.82 Å². The molecule has 0 saturated heterocycles. The van der Waals surface area contributed by atoms with E-state index in [1.54, 1.807) is 30.3 Å². The molecular weight excluding hydrogens is 465 g/mol. The molecule has 0 radical (unpaired) electrons. The second-order valence-electron chi connectivity index (χ2n) is 7.94. The lowest BCUT2D eigenvalue weighted by molar-refractivity contribution is -0.127. The first-order chi connectivity index (χ1) is 17.5. The molecule has 4 rings (SSSR count). The topological polar surface area (TPSA) is 98.6 Å². The summed E-state index contributed by atoms with van der Waals surface area (Å²) in [6.45, 7) is 0.352. The maximum Gasteiger partial charge on any atom is 0.249 e. The lowest BCUT2D eigenvalue weighted by atomic mass is 10.0. The number of fused-ring (bicyclic) bond motifs is 1. The van der Waals surface area contributed by atoms with Crippen molar-refractivity contribution in [2.45, 2.75) is 12.6 Å². The van der Waals surface area contributed by atoms with E-state index < -0.39 is 23.7 Å². The summed E-state index contributed by atoms with van der Waals surface area (Å²) in [6.07, 6.45) is 0. The SMILES string of the molecule is COCCNC(=O)[C@H](c1cccc(OC)c1)N(C(=O)Cn1nnc2ccccc21)c1ccc(F)cc1. The third-order valence-corrected chi connectivity index (χ3v) is 5.60. The van der Waals surface area contributed by atoms with Crippen LogP contribution in [0.25, 0.3) is 11.0 Å². The van der Waals surface area contributed by atoms with Gasteiger partial charge in [0, 0.05) is 19.3 Å². The number of para-hydroxylation sites is 1. The van der Waals surface area contributed by atoms with Gasteiger partial charge in [0.25, 0.3) is 0 Å². The van der Waals surface area contributed by atoms with Crippen molar-refractivity contribution in [1.29, 1.82) is 0 Å². The number of methoxy groups -OCH3 is 2. The molecule has 0 unspecified atom stereocenters. The zero-order chi connectivity index (χ0) is 25.5. The monoisotopic (exact) mass is 491 g/mol. The minimum Gasteiger partial charge on any atom is -0.497 e. The fourth-order valence-corrected chi connectivity index (χ4v) is 3.88. The van der Waals surface area contributed by atoms with E-state index in [0.717, 1.165) is 0 Å². The molecule has 0 bridgehead atoms. The molecule has 1 N–H and O–H groups in total. The Bertz CT molecular complexity index is 1340. The second kappa shape index (κ2) is 11.4. The zero-order valence-corrected chi connectivity index (χ0v) is 19.9. The van der Waals surface area contributed by atoms with Gasteiger partial charge in [0.05, 0.1) is 19.2 Å². The number of ether oxygens (including phenoxy) is 2. The van der Waals surface area contributed by atoms with E-state index in [4.69, 9.17) is 9.47 Å². The van der Waals surface area contributed by atoms with Crippen molar-refractivity contribution >= 4 is 28.5 Å². The Morgan fingerprint density at radius 1 is 1.06 bits per heavy atom.